The molecule has 4 aromatic heterocycles. The van der Waals surface area contributed by atoms with Crippen molar-refractivity contribution in [1.82, 2.24) is 29.8 Å². The Labute approximate surface area is 255 Å². The Morgan fingerprint density at radius 3 is 2.66 bits per heavy atom. The quantitative estimate of drug-likeness (QED) is 0.226. The van der Waals surface area contributed by atoms with Gasteiger partial charge in [0.1, 0.15) is 27.8 Å². The van der Waals surface area contributed by atoms with Gasteiger partial charge in [-0.2, -0.15) is 5.10 Å². The monoisotopic (exact) mass is 619 g/mol. The largest absolute Gasteiger partial charge is 0.455 e. The number of benzene rings is 1. The van der Waals surface area contributed by atoms with Crippen LogP contribution in [0.5, 0.6) is 0 Å². The molecule has 0 radical (unpaired) electrons. The number of halogens is 1. The van der Waals surface area contributed by atoms with Crippen molar-refractivity contribution in [3.8, 4) is 22.8 Å². The summed E-state index contributed by atoms with van der Waals surface area (Å²) in [6, 6.07) is 6.60. The molecule has 1 fully saturated rings. The normalized spacial score (nSPS) is 14.6. The van der Waals surface area contributed by atoms with E-state index in [0.717, 1.165) is 11.1 Å². The number of carbonyl (C=O) groups excluding carboxylic acids is 1. The number of H-pyrrole nitrogens is 1. The molecule has 1 aliphatic heterocycles. The molecular formula is C30H30ClN7O6. The van der Waals surface area contributed by atoms with Crippen LogP contribution in [0, 0.1) is 13.8 Å². The fourth-order valence-corrected chi connectivity index (χ4v) is 5.52. The number of likely N-dealkylation sites (tertiary alicyclic amines) is 1. The third kappa shape index (κ3) is 5.28. The molecule has 0 spiro atoms. The fraction of sp³-hybridized carbons (Fsp3) is 0.333. The highest BCUT2D eigenvalue weighted by atomic mass is 35.5. The second-order valence-corrected chi connectivity index (χ2v) is 12.0. The number of amides is 1. The highest BCUT2D eigenvalue weighted by molar-refractivity contribution is 6.29. The van der Waals surface area contributed by atoms with E-state index in [9.17, 15) is 19.5 Å². The maximum atomic E-state index is 13.7. The van der Waals surface area contributed by atoms with Crippen LogP contribution in [0.3, 0.4) is 0 Å². The number of rotatable bonds is 7. The topological polar surface area (TPSA) is 172 Å². The van der Waals surface area contributed by atoms with E-state index < -0.39 is 17.4 Å². The molecule has 0 aliphatic carbocycles. The van der Waals surface area contributed by atoms with Gasteiger partial charge in [-0.15, -0.1) is 0 Å². The predicted octanol–water partition coefficient (Wildman–Crippen LogP) is 3.99. The summed E-state index contributed by atoms with van der Waals surface area (Å²) < 4.78 is 12.9. The first-order valence-corrected chi connectivity index (χ1v) is 14.3. The molecule has 5 heterocycles. The molecule has 6 rings (SSSR count). The summed E-state index contributed by atoms with van der Waals surface area (Å²) in [5, 5.41) is 22.3. The van der Waals surface area contributed by atoms with Crippen LogP contribution in [-0.4, -0.2) is 59.5 Å². The summed E-state index contributed by atoms with van der Waals surface area (Å²) in [5.41, 5.74) is 2.30. The van der Waals surface area contributed by atoms with Crippen molar-refractivity contribution in [2.24, 2.45) is 0 Å². The molecule has 0 saturated carbocycles. The highest BCUT2D eigenvalue weighted by Crippen LogP contribution is 2.34. The lowest BCUT2D eigenvalue weighted by Crippen LogP contribution is -2.56. The molecule has 0 bridgehead atoms. The number of hydrogen-bond acceptors (Lipinski definition) is 10. The van der Waals surface area contributed by atoms with Crippen molar-refractivity contribution in [3.63, 3.8) is 0 Å². The number of anilines is 1. The molecule has 1 atom stereocenters. The smallest absolute Gasteiger partial charge is 0.439 e. The SMILES string of the molecule is Cc1cc([C@@H](C)Nc2ccc(Cl)nc2-c2noc(=O)[nH]2)c2oc(-c3cnn(C4CN(C(=O)C(C)(C)O)C4)c3)c(C)c(=O)c2c1. The van der Waals surface area contributed by atoms with Gasteiger partial charge in [-0.05, 0) is 58.4 Å². The Hall–Kier alpha value is -4.75. The van der Waals surface area contributed by atoms with Gasteiger partial charge in [-0.1, -0.05) is 22.8 Å². The Kier molecular flexibility index (Phi) is 7.17. The minimum atomic E-state index is -1.44. The molecule has 1 amide bonds. The van der Waals surface area contributed by atoms with E-state index in [1.807, 2.05) is 19.9 Å². The van der Waals surface area contributed by atoms with Crippen LogP contribution in [0.1, 0.15) is 49.5 Å². The number of pyridine rings is 1. The molecule has 1 saturated heterocycles. The number of nitrogens with one attached hydrogen (secondary N) is 2. The van der Waals surface area contributed by atoms with Crippen molar-refractivity contribution in [3.05, 3.63) is 79.3 Å². The molecule has 0 unspecified atom stereocenters. The fourth-order valence-electron chi connectivity index (χ4n) is 5.37. The van der Waals surface area contributed by atoms with Gasteiger partial charge in [0.15, 0.2) is 5.43 Å². The molecule has 1 aromatic carbocycles. The maximum Gasteiger partial charge on any atom is 0.439 e. The van der Waals surface area contributed by atoms with Crippen molar-refractivity contribution >= 4 is 34.2 Å². The van der Waals surface area contributed by atoms with Crippen molar-refractivity contribution in [1.29, 1.82) is 0 Å². The van der Waals surface area contributed by atoms with Gasteiger partial charge in [-0.25, -0.2) is 9.78 Å². The summed E-state index contributed by atoms with van der Waals surface area (Å²) >= 11 is 6.13. The summed E-state index contributed by atoms with van der Waals surface area (Å²) in [5.74, 6) is -0.555. The molecule has 14 heteroatoms. The van der Waals surface area contributed by atoms with Crippen molar-refractivity contribution in [2.75, 3.05) is 18.4 Å². The number of carbonyl (C=O) groups is 1. The number of nitrogens with zero attached hydrogens (tertiary/aromatic N) is 5. The molecule has 44 heavy (non-hydrogen) atoms. The lowest BCUT2D eigenvalue weighted by molar-refractivity contribution is -0.154. The number of aryl methyl sites for hydroxylation is 1. The Morgan fingerprint density at radius 2 is 1.98 bits per heavy atom. The summed E-state index contributed by atoms with van der Waals surface area (Å²) in [4.78, 5) is 46.0. The first-order valence-electron chi connectivity index (χ1n) is 13.9. The Bertz CT molecular complexity index is 2030. The van der Waals surface area contributed by atoms with Crippen LogP contribution in [0.4, 0.5) is 5.69 Å². The third-order valence-electron chi connectivity index (χ3n) is 7.67. The van der Waals surface area contributed by atoms with Crippen LogP contribution in [0.25, 0.3) is 33.8 Å². The third-order valence-corrected chi connectivity index (χ3v) is 7.88. The van der Waals surface area contributed by atoms with E-state index in [4.69, 9.17) is 16.0 Å². The number of aromatic nitrogens is 5. The number of hydrogen-bond donors (Lipinski definition) is 3. The predicted molar refractivity (Wildman–Crippen MR) is 162 cm³/mol. The second kappa shape index (κ2) is 10.8. The highest BCUT2D eigenvalue weighted by Gasteiger charge is 2.38. The summed E-state index contributed by atoms with van der Waals surface area (Å²) in [6.45, 7) is 9.31. The van der Waals surface area contributed by atoms with Gasteiger partial charge >= 0.3 is 5.76 Å². The lowest BCUT2D eigenvalue weighted by atomic mass is 9.99. The average Bonchev–Trinajstić information content (AvgIpc) is 3.59. The van der Waals surface area contributed by atoms with Gasteiger partial charge in [0.25, 0.3) is 5.91 Å². The number of aromatic amines is 1. The molecule has 228 valence electrons. The van der Waals surface area contributed by atoms with E-state index in [1.165, 1.54) is 13.8 Å². The minimum absolute atomic E-state index is 0.0631. The number of fused-ring (bicyclic) bond motifs is 1. The molecule has 3 N–H and O–H groups in total. The van der Waals surface area contributed by atoms with Crippen LogP contribution < -0.4 is 16.5 Å². The van der Waals surface area contributed by atoms with Crippen molar-refractivity contribution < 1.29 is 18.8 Å². The molecular weight excluding hydrogens is 590 g/mol. The standard InChI is InChI=1S/C30H30ClN7O6/c1-14-8-19(16(3)33-21-6-7-22(31)34-23(21)27-35-29(41)44-36-27)26-20(9-14)24(39)15(2)25(43-26)17-10-32-38(11-17)18-12-37(13-18)28(40)30(4,5)42/h6-11,16,18,33,42H,12-13H2,1-5H3,(H,35,36,41)/t16-/m1/s1. The Balaban J connectivity index is 1.35. The summed E-state index contributed by atoms with van der Waals surface area (Å²) in [7, 11) is 0. The van der Waals surface area contributed by atoms with E-state index in [1.54, 1.807) is 47.1 Å². The zero-order valence-electron chi connectivity index (χ0n) is 24.6. The van der Waals surface area contributed by atoms with E-state index in [2.05, 4.69) is 30.1 Å². The van der Waals surface area contributed by atoms with E-state index in [-0.39, 0.29) is 34.0 Å². The van der Waals surface area contributed by atoms with Gasteiger partial charge < -0.3 is 19.7 Å². The zero-order valence-corrected chi connectivity index (χ0v) is 25.4. The average molecular weight is 620 g/mol. The van der Waals surface area contributed by atoms with Crippen molar-refractivity contribution in [2.45, 2.75) is 52.3 Å². The Morgan fingerprint density at radius 1 is 1.23 bits per heavy atom. The van der Waals surface area contributed by atoms with Crippen LogP contribution in [-0.2, 0) is 4.79 Å². The lowest BCUT2D eigenvalue weighted by Gasteiger charge is -2.41. The second-order valence-electron chi connectivity index (χ2n) is 11.6. The zero-order chi connectivity index (χ0) is 31.5. The van der Waals surface area contributed by atoms with E-state index in [0.29, 0.717) is 46.6 Å². The van der Waals surface area contributed by atoms with E-state index >= 15 is 0 Å². The van der Waals surface area contributed by atoms with Gasteiger partial charge in [-0.3, -0.25) is 23.8 Å². The van der Waals surface area contributed by atoms with Crippen LogP contribution in [0.2, 0.25) is 5.15 Å². The molecule has 1 aliphatic rings. The maximum absolute atomic E-state index is 13.7. The van der Waals surface area contributed by atoms with Crippen LogP contribution in [0.15, 0.2) is 55.2 Å². The first-order chi connectivity index (χ1) is 20.8. The summed E-state index contributed by atoms with van der Waals surface area (Å²) in [6.07, 6.45) is 3.44. The van der Waals surface area contributed by atoms with Crippen LogP contribution >= 0.6 is 11.6 Å². The van der Waals surface area contributed by atoms with Gasteiger partial charge in [0.05, 0.1) is 34.9 Å². The van der Waals surface area contributed by atoms with Gasteiger partial charge in [0, 0.05) is 30.4 Å². The first kappa shape index (κ1) is 29.3. The minimum Gasteiger partial charge on any atom is -0.455 e. The molecule has 13 nitrogen and oxygen atoms in total. The molecule has 5 aromatic rings. The van der Waals surface area contributed by atoms with Gasteiger partial charge in [0.2, 0.25) is 5.82 Å². The number of aliphatic hydroxyl groups is 1.